The molecule has 64 valence electrons. The zero-order valence-corrected chi connectivity index (χ0v) is 12.2. The zero-order valence-electron chi connectivity index (χ0n) is 8.65. The molecule has 0 atom stereocenters. The third-order valence-corrected chi connectivity index (χ3v) is 12.8. The summed E-state index contributed by atoms with van der Waals surface area (Å²) >= 11 is 0.193. The molecule has 0 rings (SSSR count). The van der Waals surface area contributed by atoms with Crippen LogP contribution in [0.5, 0.6) is 0 Å². The fraction of sp³-hybridized carbons (Fsp3) is 0.750. The van der Waals surface area contributed by atoms with Gasteiger partial charge in [0.15, 0.2) is 0 Å². The molecule has 3 heteroatoms. The molecule has 0 aromatic heterocycles. The van der Waals surface area contributed by atoms with Crippen molar-refractivity contribution >= 4 is 24.0 Å². The predicted octanol–water partition coefficient (Wildman–Crippen LogP) is 2.43. The van der Waals surface area contributed by atoms with Crippen molar-refractivity contribution in [2.75, 3.05) is 0 Å². The van der Waals surface area contributed by atoms with Crippen LogP contribution in [0.15, 0.2) is 0 Å². The first-order chi connectivity index (χ1) is 4.71. The molecule has 0 aliphatic rings. The quantitative estimate of drug-likeness (QED) is 0.627. The van der Waals surface area contributed by atoms with E-state index in [1.54, 1.807) is 0 Å². The van der Waals surface area contributed by atoms with Crippen molar-refractivity contribution in [2.45, 2.75) is 39.3 Å². The van der Waals surface area contributed by atoms with Gasteiger partial charge in [-0.2, -0.15) is 0 Å². The molecule has 0 aliphatic carbocycles. The van der Waals surface area contributed by atoms with Gasteiger partial charge in [0, 0.05) is 0 Å². The third-order valence-electron chi connectivity index (χ3n) is 1.03. The predicted molar refractivity (Wildman–Crippen MR) is 58.8 cm³/mol. The first kappa shape index (κ1) is 11.9. The van der Waals surface area contributed by atoms with Gasteiger partial charge in [0.05, 0.1) is 0 Å². The molecule has 0 bridgehead atoms. The maximum atomic E-state index is 2.66. The summed E-state index contributed by atoms with van der Waals surface area (Å²) < 4.78 is 5.32. The second-order valence-corrected chi connectivity index (χ2v) is 18.5. The topological polar surface area (TPSA) is 0 Å². The van der Waals surface area contributed by atoms with Gasteiger partial charge in [0.2, 0.25) is 0 Å². The molecule has 0 aromatic rings. The Morgan fingerprint density at radius 2 is 1.00 bits per heavy atom. The van der Waals surface area contributed by atoms with Crippen LogP contribution in [0, 0.1) is 0 Å². The molecule has 0 aromatic carbocycles. The summed E-state index contributed by atoms with van der Waals surface area (Å²) in [6, 6.07) is 0. The van der Waals surface area contributed by atoms with E-state index in [-0.39, 0.29) is 18.2 Å². The summed E-state index contributed by atoms with van der Waals surface area (Å²) in [7, 11) is -1.67. The van der Waals surface area contributed by atoms with Gasteiger partial charge in [-0.3, -0.25) is 0 Å². The van der Waals surface area contributed by atoms with E-state index in [1.165, 1.54) is 0 Å². The normalized spacial score (nSPS) is 12.2. The molecular weight excluding hydrogens is 200 g/mol. The van der Waals surface area contributed by atoms with Crippen molar-refractivity contribution in [2.24, 2.45) is 0 Å². The Morgan fingerprint density at radius 3 is 1.18 bits per heavy atom. The van der Waals surface area contributed by atoms with Crippen molar-refractivity contribution in [3.8, 4) is 0 Å². The van der Waals surface area contributed by atoms with E-state index in [1.807, 2.05) is 0 Å². The van der Waals surface area contributed by atoms with Gasteiger partial charge in [-0.15, -0.1) is 0 Å². The van der Waals surface area contributed by atoms with Crippen molar-refractivity contribution in [3.05, 3.63) is 0 Å². The summed E-state index contributed by atoms with van der Waals surface area (Å²) in [6.45, 7) is 14.6. The van der Waals surface area contributed by atoms with E-state index in [4.69, 9.17) is 0 Å². The summed E-state index contributed by atoms with van der Waals surface area (Å²) in [6.07, 6.45) is 0. The minimum atomic E-state index is -0.835. The van der Waals surface area contributed by atoms with Crippen LogP contribution in [0.1, 0.15) is 0 Å². The van der Waals surface area contributed by atoms with Gasteiger partial charge >= 0.3 is 81.5 Å². The van der Waals surface area contributed by atoms with Crippen LogP contribution < -0.4 is 0 Å². The first-order valence-corrected chi connectivity index (χ1v) is 13.1. The molecule has 0 amide bonds. The fourth-order valence-corrected chi connectivity index (χ4v) is 7.73. The van der Waals surface area contributed by atoms with Gasteiger partial charge in [-0.25, -0.2) is 0 Å². The molecule has 0 spiro atoms. The van der Waals surface area contributed by atoms with Crippen molar-refractivity contribution in [3.63, 3.8) is 0 Å². The molecule has 0 unspecified atom stereocenters. The summed E-state index contributed by atoms with van der Waals surface area (Å²) in [4.78, 5) is 0. The van der Waals surface area contributed by atoms with Crippen molar-refractivity contribution in [1.82, 2.24) is 0 Å². The van der Waals surface area contributed by atoms with Crippen LogP contribution in [0.25, 0.3) is 0 Å². The van der Waals surface area contributed by atoms with E-state index >= 15 is 0 Å². The van der Waals surface area contributed by atoms with E-state index in [2.05, 4.69) is 47.2 Å². The molecule has 0 saturated carbocycles. The zero-order chi connectivity index (χ0) is 9.12. The minimum absolute atomic E-state index is 0.193. The Bertz CT molecular complexity index is 159. The number of hydrogen-bond donors (Lipinski definition) is 0. The number of rotatable bonds is 2. The summed E-state index contributed by atoms with van der Waals surface area (Å²) in [5, 5.41) is 0. The molecule has 0 aliphatic heterocycles. The van der Waals surface area contributed by atoms with E-state index in [9.17, 15) is 0 Å². The second-order valence-electron chi connectivity index (χ2n) is 5.19. The fourth-order valence-electron chi connectivity index (χ4n) is 0.542. The molecule has 11 heavy (non-hydrogen) atoms. The van der Waals surface area contributed by atoms with Crippen molar-refractivity contribution in [1.29, 1.82) is 0 Å². The van der Waals surface area contributed by atoms with Gasteiger partial charge < -0.3 is 0 Å². The van der Waals surface area contributed by atoms with E-state index in [0.717, 1.165) is 0 Å². The third kappa shape index (κ3) is 10.9. The van der Waals surface area contributed by atoms with Crippen LogP contribution >= 0.6 is 0 Å². The Hall–Kier alpha value is 0.888. The summed E-state index contributed by atoms with van der Waals surface area (Å²) in [5.74, 6) is 0. The molecule has 0 nitrogen and oxygen atoms in total. The Morgan fingerprint density at radius 1 is 0.727 bits per heavy atom. The molecule has 0 saturated heterocycles. The van der Waals surface area contributed by atoms with Crippen LogP contribution in [0.4, 0.5) is 0 Å². The maximum absolute atomic E-state index is 2.66. The number of hydrogen-bond acceptors (Lipinski definition) is 0. The molecular formula is C8H20Si2Ti. The molecule has 0 fully saturated rings. The van der Waals surface area contributed by atoms with Gasteiger partial charge in [-0.1, -0.05) is 0 Å². The van der Waals surface area contributed by atoms with Gasteiger partial charge in [0.25, 0.3) is 0 Å². The average Bonchev–Trinajstić information content (AvgIpc) is 1.55. The Labute approximate surface area is 81.4 Å². The average molecular weight is 220 g/mol. The van der Waals surface area contributed by atoms with Crippen LogP contribution in [0.2, 0.25) is 39.3 Å². The van der Waals surface area contributed by atoms with Crippen LogP contribution in [-0.2, 0) is 18.2 Å². The van der Waals surface area contributed by atoms with Crippen LogP contribution in [0.3, 0.4) is 0 Å². The second kappa shape index (κ2) is 4.22. The van der Waals surface area contributed by atoms with Crippen LogP contribution in [-0.4, -0.2) is 24.0 Å². The van der Waals surface area contributed by atoms with Crippen molar-refractivity contribution < 1.29 is 18.2 Å². The monoisotopic (exact) mass is 220 g/mol. The molecule has 0 heterocycles. The van der Waals surface area contributed by atoms with Gasteiger partial charge in [0.1, 0.15) is 0 Å². The SMILES string of the molecule is C[Si](C)(C)[CH]=[Ti]=[CH][Si](C)(C)C. The summed E-state index contributed by atoms with van der Waals surface area (Å²) in [5.41, 5.74) is 0. The van der Waals surface area contributed by atoms with Gasteiger partial charge in [-0.05, 0) is 0 Å². The van der Waals surface area contributed by atoms with E-state index < -0.39 is 16.1 Å². The molecule has 0 radical (unpaired) electrons. The Kier molecular flexibility index (Phi) is 4.56. The van der Waals surface area contributed by atoms with E-state index in [0.29, 0.717) is 0 Å². The standard InChI is InChI=1S/2C4H10Si.Ti/c2*1-5(2,3)4;/h2*1H,2-4H3;. The first-order valence-electron chi connectivity index (χ1n) is 4.15. The molecule has 0 N–H and O–H groups in total. The Balaban J connectivity index is 4.25.